The zero-order valence-electron chi connectivity index (χ0n) is 13.6. The topological polar surface area (TPSA) is 37.3 Å². The summed E-state index contributed by atoms with van der Waals surface area (Å²) in [5.74, 6) is 0.979. The van der Waals surface area contributed by atoms with E-state index in [0.717, 1.165) is 24.8 Å². The van der Waals surface area contributed by atoms with Gasteiger partial charge < -0.3 is 5.11 Å². The van der Waals surface area contributed by atoms with Gasteiger partial charge in [0.05, 0.1) is 0 Å². The molecule has 3 rings (SSSR count). The standard InChI is InChI=1S/C19H26O2/c1-12(20)14-10-13-6-7-16-18(2,3)8-5-9-19(16,4)17(13)15(21)11-14/h10-11,16,21H,5-9H2,1-4H3. The normalized spacial score (nSPS) is 30.4. The van der Waals surface area contributed by atoms with Crippen LogP contribution in [0.5, 0.6) is 5.75 Å². The molecule has 0 aromatic heterocycles. The Bertz CT molecular complexity index is 600. The summed E-state index contributed by atoms with van der Waals surface area (Å²) in [4.78, 5) is 11.6. The van der Waals surface area contributed by atoms with Crippen molar-refractivity contribution >= 4 is 5.78 Å². The second-order valence-electron chi connectivity index (χ2n) is 7.94. The first-order valence-corrected chi connectivity index (χ1v) is 8.13. The smallest absolute Gasteiger partial charge is 0.159 e. The van der Waals surface area contributed by atoms with E-state index in [2.05, 4.69) is 20.8 Å². The fraction of sp³-hybridized carbons (Fsp3) is 0.632. The molecule has 21 heavy (non-hydrogen) atoms. The molecule has 0 radical (unpaired) electrons. The molecule has 2 atom stereocenters. The lowest BCUT2D eigenvalue weighted by Crippen LogP contribution is -2.47. The van der Waals surface area contributed by atoms with Crippen molar-refractivity contribution < 1.29 is 9.90 Å². The molecule has 2 nitrogen and oxygen atoms in total. The van der Waals surface area contributed by atoms with Gasteiger partial charge in [0.25, 0.3) is 0 Å². The lowest BCUT2D eigenvalue weighted by molar-refractivity contribution is 0.0392. The molecule has 1 fully saturated rings. The largest absolute Gasteiger partial charge is 0.508 e. The Morgan fingerprint density at radius 2 is 1.95 bits per heavy atom. The van der Waals surface area contributed by atoms with Gasteiger partial charge in [0.1, 0.15) is 5.75 Å². The van der Waals surface area contributed by atoms with Gasteiger partial charge in [-0.15, -0.1) is 0 Å². The van der Waals surface area contributed by atoms with Crippen LogP contribution in [0.2, 0.25) is 0 Å². The molecule has 0 saturated heterocycles. The quantitative estimate of drug-likeness (QED) is 0.764. The van der Waals surface area contributed by atoms with Gasteiger partial charge in [-0.25, -0.2) is 0 Å². The molecule has 0 heterocycles. The Kier molecular flexibility index (Phi) is 3.20. The summed E-state index contributed by atoms with van der Waals surface area (Å²) < 4.78 is 0. The first kappa shape index (κ1) is 14.6. The first-order valence-electron chi connectivity index (χ1n) is 8.13. The van der Waals surface area contributed by atoms with E-state index in [1.54, 1.807) is 13.0 Å². The number of ketones is 1. The third-order valence-electron chi connectivity index (χ3n) is 6.11. The van der Waals surface area contributed by atoms with Crippen LogP contribution in [0.3, 0.4) is 0 Å². The molecular formula is C19H26O2. The van der Waals surface area contributed by atoms with Crippen LogP contribution in [0.25, 0.3) is 0 Å². The van der Waals surface area contributed by atoms with Gasteiger partial charge in [0.15, 0.2) is 5.78 Å². The Morgan fingerprint density at radius 3 is 2.62 bits per heavy atom. The van der Waals surface area contributed by atoms with Crippen LogP contribution < -0.4 is 0 Å². The molecule has 2 aliphatic carbocycles. The van der Waals surface area contributed by atoms with Crippen LogP contribution in [-0.2, 0) is 11.8 Å². The fourth-order valence-electron chi connectivity index (χ4n) is 5.18. The monoisotopic (exact) mass is 286 g/mol. The summed E-state index contributed by atoms with van der Waals surface area (Å²) in [5, 5.41) is 10.6. The summed E-state index contributed by atoms with van der Waals surface area (Å²) in [7, 11) is 0. The molecule has 0 bridgehead atoms. The number of rotatable bonds is 1. The minimum absolute atomic E-state index is 0.0318. The number of carbonyl (C=O) groups is 1. The summed E-state index contributed by atoms with van der Waals surface area (Å²) in [6, 6.07) is 3.69. The van der Waals surface area contributed by atoms with E-state index in [1.165, 1.54) is 18.4 Å². The summed E-state index contributed by atoms with van der Waals surface area (Å²) >= 11 is 0. The van der Waals surface area contributed by atoms with E-state index in [0.29, 0.717) is 22.6 Å². The number of hydrogen-bond acceptors (Lipinski definition) is 2. The summed E-state index contributed by atoms with van der Waals surface area (Å²) in [5.41, 5.74) is 3.34. The Morgan fingerprint density at radius 1 is 1.24 bits per heavy atom. The number of hydrogen-bond donors (Lipinski definition) is 1. The fourth-order valence-corrected chi connectivity index (χ4v) is 5.18. The highest BCUT2D eigenvalue weighted by Gasteiger charge is 2.50. The molecule has 2 unspecified atom stereocenters. The predicted octanol–water partition coefficient (Wildman–Crippen LogP) is 4.63. The zero-order chi connectivity index (χ0) is 15.4. The predicted molar refractivity (Wildman–Crippen MR) is 84.9 cm³/mol. The van der Waals surface area contributed by atoms with E-state index in [4.69, 9.17) is 0 Å². The van der Waals surface area contributed by atoms with Crippen LogP contribution in [0.15, 0.2) is 12.1 Å². The maximum atomic E-state index is 11.6. The third-order valence-corrected chi connectivity index (χ3v) is 6.11. The number of aromatic hydroxyl groups is 1. The summed E-state index contributed by atoms with van der Waals surface area (Å²) in [6.07, 6.45) is 5.77. The molecule has 0 spiro atoms. The molecule has 1 N–H and O–H groups in total. The van der Waals surface area contributed by atoms with Crippen molar-refractivity contribution in [2.75, 3.05) is 0 Å². The second kappa shape index (κ2) is 4.59. The van der Waals surface area contributed by atoms with E-state index < -0.39 is 0 Å². The SMILES string of the molecule is CC(=O)c1cc(O)c2c(c1)CCC1C(C)(C)CCCC21C. The molecule has 114 valence electrons. The molecule has 1 saturated carbocycles. The van der Waals surface area contributed by atoms with E-state index in [1.807, 2.05) is 6.07 Å². The van der Waals surface area contributed by atoms with E-state index >= 15 is 0 Å². The van der Waals surface area contributed by atoms with Crippen LogP contribution in [0.4, 0.5) is 0 Å². The first-order chi connectivity index (χ1) is 9.75. The van der Waals surface area contributed by atoms with Gasteiger partial charge in [-0.2, -0.15) is 0 Å². The van der Waals surface area contributed by atoms with Crippen molar-refractivity contribution in [3.8, 4) is 5.75 Å². The van der Waals surface area contributed by atoms with Gasteiger partial charge in [-0.3, -0.25) is 4.79 Å². The third kappa shape index (κ3) is 2.11. The maximum Gasteiger partial charge on any atom is 0.159 e. The number of phenolic OH excluding ortho intramolecular Hbond substituents is 1. The van der Waals surface area contributed by atoms with E-state index in [9.17, 15) is 9.90 Å². The number of phenols is 1. The van der Waals surface area contributed by atoms with Gasteiger partial charge in [-0.05, 0) is 67.1 Å². The molecule has 2 heteroatoms. The van der Waals surface area contributed by atoms with E-state index in [-0.39, 0.29) is 11.2 Å². The van der Waals surface area contributed by atoms with Crippen molar-refractivity contribution in [1.82, 2.24) is 0 Å². The minimum Gasteiger partial charge on any atom is -0.508 e. The molecule has 1 aromatic rings. The zero-order valence-corrected chi connectivity index (χ0v) is 13.6. The number of benzene rings is 1. The van der Waals surface area contributed by atoms with Crippen LogP contribution >= 0.6 is 0 Å². The highest BCUT2D eigenvalue weighted by Crippen LogP contribution is 2.58. The maximum absolute atomic E-state index is 11.6. The van der Waals surface area contributed by atoms with Gasteiger partial charge in [-0.1, -0.05) is 27.2 Å². The number of fused-ring (bicyclic) bond motifs is 3. The number of Topliss-reactive ketones (excluding diaryl/α,β-unsaturated/α-hetero) is 1. The molecular weight excluding hydrogens is 260 g/mol. The lowest BCUT2D eigenvalue weighted by Gasteiger charge is -2.54. The summed E-state index contributed by atoms with van der Waals surface area (Å²) in [6.45, 7) is 8.64. The molecule has 2 aliphatic rings. The second-order valence-corrected chi connectivity index (χ2v) is 7.94. The Hall–Kier alpha value is -1.31. The van der Waals surface area contributed by atoms with Crippen molar-refractivity contribution in [2.24, 2.45) is 11.3 Å². The highest BCUT2D eigenvalue weighted by atomic mass is 16.3. The highest BCUT2D eigenvalue weighted by molar-refractivity contribution is 5.95. The van der Waals surface area contributed by atoms with Crippen molar-refractivity contribution in [1.29, 1.82) is 0 Å². The van der Waals surface area contributed by atoms with Crippen molar-refractivity contribution in [3.05, 3.63) is 28.8 Å². The average Bonchev–Trinajstić information content (AvgIpc) is 2.36. The number of aryl methyl sites for hydroxylation is 1. The van der Waals surface area contributed by atoms with Crippen molar-refractivity contribution in [3.63, 3.8) is 0 Å². The molecule has 1 aromatic carbocycles. The molecule has 0 aliphatic heterocycles. The van der Waals surface area contributed by atoms with Crippen LogP contribution in [0.1, 0.15) is 74.9 Å². The van der Waals surface area contributed by atoms with Gasteiger partial charge >= 0.3 is 0 Å². The van der Waals surface area contributed by atoms with Gasteiger partial charge in [0, 0.05) is 11.1 Å². The van der Waals surface area contributed by atoms with Crippen LogP contribution in [0, 0.1) is 11.3 Å². The molecule has 0 amide bonds. The van der Waals surface area contributed by atoms with Crippen molar-refractivity contribution in [2.45, 2.75) is 65.2 Å². The lowest BCUT2D eigenvalue weighted by atomic mass is 9.50. The number of carbonyl (C=O) groups excluding carboxylic acids is 1. The Labute approximate surface area is 127 Å². The average molecular weight is 286 g/mol. The minimum atomic E-state index is 0.0318. The van der Waals surface area contributed by atoms with Crippen LogP contribution in [-0.4, -0.2) is 10.9 Å². The van der Waals surface area contributed by atoms with Gasteiger partial charge in [0.2, 0.25) is 0 Å². The Balaban J connectivity index is 2.16.